The predicted octanol–water partition coefficient (Wildman–Crippen LogP) is 15.3. The Kier molecular flexibility index (Phi) is 8.38. The van der Waals surface area contributed by atoms with E-state index in [2.05, 4.69) is 202 Å². The van der Waals surface area contributed by atoms with Gasteiger partial charge in [-0.2, -0.15) is 0 Å². The number of nitrogens with zero attached hydrogens (tertiary/aromatic N) is 2. The molecule has 0 aromatic heterocycles. The Morgan fingerprint density at radius 2 is 0.897 bits per heavy atom. The van der Waals surface area contributed by atoms with Crippen LogP contribution in [0.3, 0.4) is 0 Å². The van der Waals surface area contributed by atoms with Crippen LogP contribution in [-0.4, -0.2) is 7.11 Å². The van der Waals surface area contributed by atoms with E-state index < -0.39 is 0 Å². The third-order valence-corrected chi connectivity index (χ3v) is 12.3. The van der Waals surface area contributed by atoms with Gasteiger partial charge < -0.3 is 14.5 Å². The summed E-state index contributed by atoms with van der Waals surface area (Å²) >= 11 is 0. The molecule has 282 valence electrons. The molecule has 1 aliphatic rings. The topological polar surface area (TPSA) is 15.7 Å². The molecule has 0 bridgehead atoms. The van der Waals surface area contributed by atoms with E-state index in [9.17, 15) is 0 Å². The molecule has 9 aromatic rings. The molecule has 0 radical (unpaired) electrons. The fourth-order valence-electron chi connectivity index (χ4n) is 9.21. The monoisotopic (exact) mass is 750 g/mol. The number of rotatable bonds is 7. The highest BCUT2D eigenvalue weighted by Crippen LogP contribution is 2.53. The van der Waals surface area contributed by atoms with Crippen molar-refractivity contribution in [1.29, 1.82) is 0 Å². The first-order chi connectivity index (χ1) is 28.2. The fraction of sp³-hybridized carbons (Fsp3) is 0.127. The van der Waals surface area contributed by atoms with Gasteiger partial charge in [0, 0.05) is 39.2 Å². The molecule has 0 saturated heterocycles. The standard InChI is InChI=1S/C55H46N2O/c1-35-14-20-38(21-15-35)56(39-26-29-43(58-6)30-27-39)42-28-31-45-50-33-48-44-10-7-8-11-46(44)53(57(40-22-16-36(2)17-23-40)41-24-18-37(3)19-25-41)34-49(48)47-12-9-13-51(54(47)50)55(4,5)52(45)32-42/h7-34H,1-6H3. The first kappa shape index (κ1) is 35.6. The van der Waals surface area contributed by atoms with E-state index in [-0.39, 0.29) is 5.41 Å². The Labute approximate surface area is 341 Å². The summed E-state index contributed by atoms with van der Waals surface area (Å²) < 4.78 is 5.54. The lowest BCUT2D eigenvalue weighted by Crippen LogP contribution is -2.24. The zero-order valence-corrected chi connectivity index (χ0v) is 34.0. The minimum atomic E-state index is -0.264. The molecule has 0 aliphatic heterocycles. The molecule has 1 aliphatic carbocycles. The van der Waals surface area contributed by atoms with E-state index in [4.69, 9.17) is 4.74 Å². The number of hydrogen-bond acceptors (Lipinski definition) is 3. The Morgan fingerprint density at radius 1 is 0.397 bits per heavy atom. The largest absolute Gasteiger partial charge is 0.497 e. The van der Waals surface area contributed by atoms with Crippen LogP contribution in [-0.2, 0) is 5.41 Å². The van der Waals surface area contributed by atoms with Crippen molar-refractivity contribution in [1.82, 2.24) is 0 Å². The van der Waals surface area contributed by atoms with E-state index >= 15 is 0 Å². The smallest absolute Gasteiger partial charge is 0.119 e. The van der Waals surface area contributed by atoms with Gasteiger partial charge in [-0.05, 0) is 155 Å². The van der Waals surface area contributed by atoms with Crippen LogP contribution in [0, 0.1) is 20.8 Å². The lowest BCUT2D eigenvalue weighted by atomic mass is 9.68. The Balaban J connectivity index is 1.22. The summed E-state index contributed by atoms with van der Waals surface area (Å²) in [6, 6.07) is 62.9. The Bertz CT molecular complexity index is 2970. The minimum Gasteiger partial charge on any atom is -0.497 e. The van der Waals surface area contributed by atoms with Gasteiger partial charge in [-0.15, -0.1) is 0 Å². The molecular formula is C55H46N2O. The minimum absolute atomic E-state index is 0.264. The third-order valence-electron chi connectivity index (χ3n) is 12.3. The molecule has 3 nitrogen and oxygen atoms in total. The molecule has 0 amide bonds. The van der Waals surface area contributed by atoms with Crippen LogP contribution < -0.4 is 14.5 Å². The van der Waals surface area contributed by atoms with Gasteiger partial charge >= 0.3 is 0 Å². The molecule has 0 heterocycles. The molecule has 3 heteroatoms. The summed E-state index contributed by atoms with van der Waals surface area (Å²) in [6.45, 7) is 11.2. The van der Waals surface area contributed by atoms with Gasteiger partial charge in [0.2, 0.25) is 0 Å². The number of aryl methyl sites for hydroxylation is 3. The van der Waals surface area contributed by atoms with Crippen LogP contribution >= 0.6 is 0 Å². The van der Waals surface area contributed by atoms with Crippen molar-refractivity contribution in [3.8, 4) is 16.9 Å². The number of methoxy groups -OCH3 is 1. The number of anilines is 6. The van der Waals surface area contributed by atoms with E-state index in [1.165, 1.54) is 76.9 Å². The Morgan fingerprint density at radius 3 is 1.48 bits per heavy atom. The average molecular weight is 751 g/mol. The van der Waals surface area contributed by atoms with E-state index in [0.29, 0.717) is 0 Å². The molecule has 0 atom stereocenters. The van der Waals surface area contributed by atoms with Gasteiger partial charge in [0.25, 0.3) is 0 Å². The van der Waals surface area contributed by atoms with Gasteiger partial charge in [0.05, 0.1) is 12.8 Å². The number of ether oxygens (including phenoxy) is 1. The third kappa shape index (κ3) is 5.72. The maximum Gasteiger partial charge on any atom is 0.119 e. The molecule has 9 aromatic carbocycles. The van der Waals surface area contributed by atoms with Crippen LogP contribution in [0.25, 0.3) is 43.4 Å². The van der Waals surface area contributed by atoms with Gasteiger partial charge in [0.15, 0.2) is 0 Å². The zero-order chi connectivity index (χ0) is 39.7. The van der Waals surface area contributed by atoms with Crippen molar-refractivity contribution in [2.75, 3.05) is 16.9 Å². The number of fused-ring (bicyclic) bond motifs is 6. The second-order valence-electron chi connectivity index (χ2n) is 16.4. The maximum absolute atomic E-state index is 5.54. The van der Waals surface area contributed by atoms with Crippen LogP contribution in [0.1, 0.15) is 41.7 Å². The molecule has 0 N–H and O–H groups in total. The molecule has 0 spiro atoms. The van der Waals surface area contributed by atoms with Crippen molar-refractivity contribution >= 4 is 66.4 Å². The van der Waals surface area contributed by atoms with Crippen molar-refractivity contribution in [2.24, 2.45) is 0 Å². The van der Waals surface area contributed by atoms with Gasteiger partial charge in [-0.1, -0.05) is 115 Å². The molecule has 0 saturated carbocycles. The SMILES string of the molecule is COc1ccc(N(c2ccc(C)cc2)c2ccc3c(c2)C(C)(C)c2cccc4c2c-3cc2c3ccccc3c(N(c3ccc(C)cc3)c3ccc(C)cc3)cc42)cc1. The lowest BCUT2D eigenvalue weighted by molar-refractivity contribution is 0.415. The molecular weight excluding hydrogens is 705 g/mol. The first-order valence-electron chi connectivity index (χ1n) is 20.2. The zero-order valence-electron chi connectivity index (χ0n) is 34.0. The lowest BCUT2D eigenvalue weighted by Gasteiger charge is -2.37. The molecule has 10 rings (SSSR count). The summed E-state index contributed by atoms with van der Waals surface area (Å²) in [5.74, 6) is 0.841. The van der Waals surface area contributed by atoms with E-state index in [1.54, 1.807) is 7.11 Å². The van der Waals surface area contributed by atoms with Crippen LogP contribution in [0.2, 0.25) is 0 Å². The highest BCUT2D eigenvalue weighted by Gasteiger charge is 2.35. The van der Waals surface area contributed by atoms with E-state index in [0.717, 1.165) is 34.2 Å². The molecule has 0 fully saturated rings. The van der Waals surface area contributed by atoms with Crippen LogP contribution in [0.5, 0.6) is 5.75 Å². The predicted molar refractivity (Wildman–Crippen MR) is 247 cm³/mol. The van der Waals surface area contributed by atoms with Crippen molar-refractivity contribution in [2.45, 2.75) is 40.0 Å². The fourth-order valence-corrected chi connectivity index (χ4v) is 9.21. The Hall–Kier alpha value is -6.84. The highest BCUT2D eigenvalue weighted by atomic mass is 16.5. The summed E-state index contributed by atoms with van der Waals surface area (Å²) in [7, 11) is 1.72. The van der Waals surface area contributed by atoms with Gasteiger partial charge in [-0.3, -0.25) is 0 Å². The summed E-state index contributed by atoms with van der Waals surface area (Å²) in [4.78, 5) is 4.79. The molecule has 0 unspecified atom stereocenters. The van der Waals surface area contributed by atoms with Crippen molar-refractivity contribution in [3.05, 3.63) is 198 Å². The summed E-state index contributed by atoms with van der Waals surface area (Å²) in [5, 5.41) is 7.62. The van der Waals surface area contributed by atoms with Gasteiger partial charge in [-0.25, -0.2) is 0 Å². The maximum atomic E-state index is 5.54. The first-order valence-corrected chi connectivity index (χ1v) is 20.2. The second-order valence-corrected chi connectivity index (χ2v) is 16.4. The summed E-state index contributed by atoms with van der Waals surface area (Å²) in [5.41, 5.74) is 15.5. The van der Waals surface area contributed by atoms with Crippen LogP contribution in [0.4, 0.5) is 34.1 Å². The normalized spacial score (nSPS) is 12.8. The quantitative estimate of drug-likeness (QED) is 0.151. The van der Waals surface area contributed by atoms with Crippen molar-refractivity contribution < 1.29 is 4.74 Å². The van der Waals surface area contributed by atoms with Crippen molar-refractivity contribution in [3.63, 3.8) is 0 Å². The van der Waals surface area contributed by atoms with E-state index in [1.807, 2.05) is 12.1 Å². The van der Waals surface area contributed by atoms with Crippen LogP contribution in [0.15, 0.2) is 170 Å². The number of hydrogen-bond donors (Lipinski definition) is 0. The second kappa shape index (κ2) is 13.7. The van der Waals surface area contributed by atoms with Gasteiger partial charge in [0.1, 0.15) is 5.75 Å². The highest BCUT2D eigenvalue weighted by molar-refractivity contribution is 6.25. The molecule has 58 heavy (non-hydrogen) atoms. The summed E-state index contributed by atoms with van der Waals surface area (Å²) in [6.07, 6.45) is 0. The average Bonchev–Trinajstić information content (AvgIpc) is 3.25. The number of benzene rings is 9.